The Kier molecular flexibility index (Phi) is 6.32. The topological polar surface area (TPSA) is 115 Å². The van der Waals surface area contributed by atoms with Crippen LogP contribution in [0.25, 0.3) is 17.2 Å². The van der Waals surface area contributed by atoms with Crippen LogP contribution in [-0.4, -0.2) is 79.1 Å². The molecule has 1 saturated heterocycles. The zero-order valence-electron chi connectivity index (χ0n) is 18.9. The minimum atomic E-state index is -0.0262. The Morgan fingerprint density at radius 2 is 2.03 bits per heavy atom. The highest BCUT2D eigenvalue weighted by molar-refractivity contribution is 7.08. The molecular weight excluding hydrogens is 456 g/mol. The molecule has 4 aromatic rings. The minimum absolute atomic E-state index is 0.0262. The summed E-state index contributed by atoms with van der Waals surface area (Å²) in [7, 11) is 1.54. The highest BCUT2D eigenvalue weighted by Crippen LogP contribution is 2.21. The van der Waals surface area contributed by atoms with Crippen molar-refractivity contribution in [3.05, 3.63) is 52.3 Å². The number of ether oxygens (including phenoxy) is 1. The Bertz CT molecular complexity index is 1240. The third kappa shape index (κ3) is 4.41. The summed E-state index contributed by atoms with van der Waals surface area (Å²) in [5.41, 5.74) is 2.35. The third-order valence-electron chi connectivity index (χ3n) is 5.75. The van der Waals surface area contributed by atoms with Gasteiger partial charge in [-0.1, -0.05) is 12.1 Å². The summed E-state index contributed by atoms with van der Waals surface area (Å²) in [6.07, 6.45) is 2.25. The van der Waals surface area contributed by atoms with Crippen LogP contribution >= 0.6 is 11.3 Å². The van der Waals surface area contributed by atoms with Crippen LogP contribution in [0.15, 0.2) is 39.7 Å². The van der Waals surface area contributed by atoms with Crippen molar-refractivity contribution >= 4 is 17.2 Å². The first-order valence-electron chi connectivity index (χ1n) is 11.0. The first kappa shape index (κ1) is 22.2. The molecule has 11 nitrogen and oxygen atoms in total. The van der Waals surface area contributed by atoms with E-state index in [1.54, 1.807) is 34.3 Å². The summed E-state index contributed by atoms with van der Waals surface area (Å²) in [4.78, 5) is 21.8. The molecule has 0 aromatic carbocycles. The van der Waals surface area contributed by atoms with Gasteiger partial charge in [-0.15, -0.1) is 10.2 Å². The fourth-order valence-corrected chi connectivity index (χ4v) is 4.56. The number of carbonyl (C=O) groups is 1. The fraction of sp³-hybridized carbons (Fsp3) is 0.364. The van der Waals surface area contributed by atoms with Gasteiger partial charge in [-0.25, -0.2) is 4.68 Å². The van der Waals surface area contributed by atoms with E-state index in [1.165, 1.54) is 7.11 Å². The van der Waals surface area contributed by atoms with Gasteiger partial charge in [-0.2, -0.15) is 21.4 Å². The number of amides is 1. The number of rotatable bonds is 7. The molecule has 12 heteroatoms. The molecule has 0 unspecified atom stereocenters. The lowest BCUT2D eigenvalue weighted by molar-refractivity contribution is 0.0614. The molecule has 0 aliphatic carbocycles. The molecule has 176 valence electrons. The van der Waals surface area contributed by atoms with Crippen molar-refractivity contribution in [1.29, 1.82) is 0 Å². The summed E-state index contributed by atoms with van der Waals surface area (Å²) in [5.74, 6) is 2.13. The smallest absolute Gasteiger partial charge is 0.257 e. The van der Waals surface area contributed by atoms with Crippen molar-refractivity contribution in [2.75, 3.05) is 33.3 Å². The summed E-state index contributed by atoms with van der Waals surface area (Å²) in [6, 6.07) is 5.46. The highest BCUT2D eigenvalue weighted by Gasteiger charge is 2.27. The van der Waals surface area contributed by atoms with Gasteiger partial charge >= 0.3 is 0 Å². The molecule has 1 amide bonds. The molecule has 0 N–H and O–H groups in total. The van der Waals surface area contributed by atoms with Crippen LogP contribution in [0.1, 0.15) is 28.9 Å². The lowest BCUT2D eigenvalue weighted by Gasteiger charge is -2.33. The van der Waals surface area contributed by atoms with E-state index in [4.69, 9.17) is 9.26 Å². The second-order valence-corrected chi connectivity index (χ2v) is 8.58. The number of thiophene rings is 1. The van der Waals surface area contributed by atoms with Crippen molar-refractivity contribution in [1.82, 2.24) is 39.9 Å². The zero-order valence-corrected chi connectivity index (χ0v) is 19.7. The van der Waals surface area contributed by atoms with Gasteiger partial charge in [0.15, 0.2) is 5.82 Å². The standard InChI is InChI=1S/C22H24N8O3S/c1-3-17-16(12-23-30(17)18-4-5-19(32-2)26-25-18)22(31)29-9-7-28(8-10-29)13-20-24-21(27-33-20)15-6-11-34-14-15/h4-6,11-12,14H,3,7-10,13H2,1-2H3. The molecule has 34 heavy (non-hydrogen) atoms. The van der Waals surface area contributed by atoms with E-state index in [2.05, 4.69) is 30.3 Å². The van der Waals surface area contributed by atoms with Crippen molar-refractivity contribution in [2.24, 2.45) is 0 Å². The van der Waals surface area contributed by atoms with Crippen LogP contribution < -0.4 is 4.74 Å². The fourth-order valence-electron chi connectivity index (χ4n) is 3.92. The first-order valence-corrected chi connectivity index (χ1v) is 11.9. The predicted molar refractivity (Wildman–Crippen MR) is 124 cm³/mol. The Hall–Kier alpha value is -3.64. The van der Waals surface area contributed by atoms with Gasteiger partial charge in [0.2, 0.25) is 17.6 Å². The van der Waals surface area contributed by atoms with Crippen molar-refractivity contribution < 1.29 is 14.1 Å². The molecule has 0 atom stereocenters. The minimum Gasteiger partial charge on any atom is -0.480 e. The van der Waals surface area contributed by atoms with E-state index in [0.717, 1.165) is 24.3 Å². The van der Waals surface area contributed by atoms with Crippen LogP contribution in [0.3, 0.4) is 0 Å². The van der Waals surface area contributed by atoms with E-state index in [1.807, 2.05) is 28.7 Å². The molecule has 0 bridgehead atoms. The molecule has 1 aliphatic heterocycles. The number of nitrogens with zero attached hydrogens (tertiary/aromatic N) is 8. The molecule has 5 rings (SSSR count). The summed E-state index contributed by atoms with van der Waals surface area (Å²) < 4.78 is 12.1. The van der Waals surface area contributed by atoms with Gasteiger partial charge in [0.25, 0.3) is 5.91 Å². The predicted octanol–water partition coefficient (Wildman–Crippen LogP) is 2.30. The van der Waals surface area contributed by atoms with Crippen LogP contribution in [0.5, 0.6) is 5.88 Å². The zero-order chi connectivity index (χ0) is 23.5. The van der Waals surface area contributed by atoms with Gasteiger partial charge in [0.05, 0.1) is 31.1 Å². The van der Waals surface area contributed by atoms with Crippen LogP contribution in [-0.2, 0) is 13.0 Å². The van der Waals surface area contributed by atoms with Crippen molar-refractivity contribution in [2.45, 2.75) is 19.9 Å². The van der Waals surface area contributed by atoms with Gasteiger partial charge < -0.3 is 14.2 Å². The monoisotopic (exact) mass is 480 g/mol. The molecule has 5 heterocycles. The largest absolute Gasteiger partial charge is 0.480 e. The molecule has 1 aliphatic rings. The highest BCUT2D eigenvalue weighted by atomic mass is 32.1. The number of methoxy groups -OCH3 is 1. The van der Waals surface area contributed by atoms with E-state index in [0.29, 0.717) is 55.0 Å². The van der Waals surface area contributed by atoms with Crippen molar-refractivity contribution in [3.63, 3.8) is 0 Å². The SMILES string of the molecule is CCc1c(C(=O)N2CCN(Cc3nc(-c4ccsc4)no3)CC2)cnn1-c1ccc(OC)nn1. The average molecular weight is 481 g/mol. The molecular formula is C22H24N8O3S. The van der Waals surface area contributed by atoms with Crippen molar-refractivity contribution in [3.8, 4) is 23.1 Å². The lowest BCUT2D eigenvalue weighted by atomic mass is 10.1. The molecule has 0 saturated carbocycles. The van der Waals surface area contributed by atoms with E-state index < -0.39 is 0 Å². The van der Waals surface area contributed by atoms with Crippen LogP contribution in [0.2, 0.25) is 0 Å². The molecule has 0 radical (unpaired) electrons. The Balaban J connectivity index is 1.22. The second-order valence-electron chi connectivity index (χ2n) is 7.80. The Labute approximate surface area is 200 Å². The number of hydrogen-bond donors (Lipinski definition) is 0. The Morgan fingerprint density at radius 1 is 1.18 bits per heavy atom. The summed E-state index contributed by atoms with van der Waals surface area (Å²) >= 11 is 1.60. The van der Waals surface area contributed by atoms with Gasteiger partial charge in [0.1, 0.15) is 0 Å². The maximum Gasteiger partial charge on any atom is 0.257 e. The van der Waals surface area contributed by atoms with Crippen LogP contribution in [0, 0.1) is 0 Å². The van der Waals surface area contributed by atoms with Gasteiger partial charge in [-0.05, 0) is 23.9 Å². The van der Waals surface area contributed by atoms with E-state index in [9.17, 15) is 4.79 Å². The maximum absolute atomic E-state index is 13.3. The van der Waals surface area contributed by atoms with E-state index >= 15 is 0 Å². The quantitative estimate of drug-likeness (QED) is 0.393. The lowest BCUT2D eigenvalue weighted by Crippen LogP contribution is -2.48. The number of carbonyl (C=O) groups excluding carboxylic acids is 1. The Morgan fingerprint density at radius 3 is 2.71 bits per heavy atom. The number of aromatic nitrogens is 6. The van der Waals surface area contributed by atoms with E-state index in [-0.39, 0.29) is 5.91 Å². The second kappa shape index (κ2) is 9.69. The third-order valence-corrected chi connectivity index (χ3v) is 6.44. The summed E-state index contributed by atoms with van der Waals surface area (Å²) in [5, 5.41) is 20.6. The normalized spacial score (nSPS) is 14.5. The van der Waals surface area contributed by atoms with Gasteiger partial charge in [-0.3, -0.25) is 9.69 Å². The molecule has 1 fully saturated rings. The maximum atomic E-state index is 13.3. The number of hydrogen-bond acceptors (Lipinski definition) is 10. The molecule has 4 aromatic heterocycles. The van der Waals surface area contributed by atoms with Gasteiger partial charge in [0, 0.05) is 43.2 Å². The first-order chi connectivity index (χ1) is 16.7. The average Bonchev–Trinajstić information content (AvgIpc) is 3.65. The summed E-state index contributed by atoms with van der Waals surface area (Å²) in [6.45, 7) is 5.23. The number of piperazine rings is 1. The van der Waals surface area contributed by atoms with Crippen LogP contribution in [0.4, 0.5) is 0 Å². The molecule has 0 spiro atoms.